The van der Waals surface area contributed by atoms with Crippen LogP contribution in [0.2, 0.25) is 0 Å². The molecule has 4 nitrogen and oxygen atoms in total. The van der Waals surface area contributed by atoms with E-state index in [0.717, 1.165) is 12.0 Å². The van der Waals surface area contributed by atoms with Crippen molar-refractivity contribution in [2.45, 2.75) is 38.6 Å². The summed E-state index contributed by atoms with van der Waals surface area (Å²) in [4.78, 5) is 11.7. The summed E-state index contributed by atoms with van der Waals surface area (Å²) in [6.07, 6.45) is 2.22. The predicted octanol–water partition coefficient (Wildman–Crippen LogP) is 2.04. The molecule has 0 heterocycles. The summed E-state index contributed by atoms with van der Waals surface area (Å²) in [6.45, 7) is 2.03. The lowest BCUT2D eigenvalue weighted by molar-refractivity contribution is -0.121. The zero-order valence-electron chi connectivity index (χ0n) is 12.0. The maximum absolute atomic E-state index is 13.5. The van der Waals surface area contributed by atoms with Crippen molar-refractivity contribution in [3.8, 4) is 5.75 Å². The van der Waals surface area contributed by atoms with Crippen LogP contribution >= 0.6 is 0 Å². The Morgan fingerprint density at radius 3 is 2.85 bits per heavy atom. The number of aliphatic hydroxyl groups is 1. The van der Waals surface area contributed by atoms with Crippen LogP contribution < -0.4 is 10.1 Å². The summed E-state index contributed by atoms with van der Waals surface area (Å²) in [7, 11) is 1.42. The third kappa shape index (κ3) is 5.57. The SMILES string of the molecule is COc1ccc(CCC(=O)NC(C)CCCO)cc1F. The van der Waals surface area contributed by atoms with E-state index in [1.807, 2.05) is 6.92 Å². The van der Waals surface area contributed by atoms with Crippen LogP contribution in [-0.4, -0.2) is 30.8 Å². The van der Waals surface area contributed by atoms with Gasteiger partial charge < -0.3 is 15.2 Å². The van der Waals surface area contributed by atoms with Gasteiger partial charge in [-0.15, -0.1) is 0 Å². The van der Waals surface area contributed by atoms with Gasteiger partial charge in [0.15, 0.2) is 11.6 Å². The number of methoxy groups -OCH3 is 1. The lowest BCUT2D eigenvalue weighted by Crippen LogP contribution is -2.32. The molecule has 0 saturated heterocycles. The van der Waals surface area contributed by atoms with E-state index >= 15 is 0 Å². The van der Waals surface area contributed by atoms with E-state index in [1.165, 1.54) is 13.2 Å². The van der Waals surface area contributed by atoms with Crippen molar-refractivity contribution < 1.29 is 19.0 Å². The van der Waals surface area contributed by atoms with Gasteiger partial charge in [0, 0.05) is 19.1 Å². The Labute approximate surface area is 119 Å². The molecule has 1 aromatic carbocycles. The van der Waals surface area contributed by atoms with Crippen molar-refractivity contribution in [1.29, 1.82) is 0 Å². The Morgan fingerprint density at radius 1 is 1.50 bits per heavy atom. The Balaban J connectivity index is 2.39. The van der Waals surface area contributed by atoms with Crippen molar-refractivity contribution >= 4 is 5.91 Å². The number of ether oxygens (including phenoxy) is 1. The summed E-state index contributed by atoms with van der Waals surface area (Å²) in [5, 5.41) is 11.6. The number of amides is 1. The quantitative estimate of drug-likeness (QED) is 0.767. The first-order valence-corrected chi connectivity index (χ1v) is 6.79. The molecule has 20 heavy (non-hydrogen) atoms. The van der Waals surface area contributed by atoms with Crippen molar-refractivity contribution in [3.63, 3.8) is 0 Å². The highest BCUT2D eigenvalue weighted by molar-refractivity contribution is 5.76. The molecule has 0 fully saturated rings. The molecule has 112 valence electrons. The number of hydrogen-bond donors (Lipinski definition) is 2. The maximum Gasteiger partial charge on any atom is 0.220 e. The van der Waals surface area contributed by atoms with Gasteiger partial charge in [-0.25, -0.2) is 4.39 Å². The highest BCUT2D eigenvalue weighted by Crippen LogP contribution is 2.18. The Bertz CT molecular complexity index is 437. The molecule has 0 aliphatic carbocycles. The fraction of sp³-hybridized carbons (Fsp3) is 0.533. The van der Waals surface area contributed by atoms with Crippen LogP contribution in [0.25, 0.3) is 0 Å². The van der Waals surface area contributed by atoms with E-state index in [1.54, 1.807) is 12.1 Å². The van der Waals surface area contributed by atoms with E-state index in [4.69, 9.17) is 9.84 Å². The van der Waals surface area contributed by atoms with Crippen molar-refractivity contribution in [1.82, 2.24) is 5.32 Å². The molecular weight excluding hydrogens is 261 g/mol. The number of aliphatic hydroxyl groups excluding tert-OH is 1. The van der Waals surface area contributed by atoms with E-state index in [9.17, 15) is 9.18 Å². The van der Waals surface area contributed by atoms with Crippen LogP contribution in [0.5, 0.6) is 5.75 Å². The maximum atomic E-state index is 13.5. The average molecular weight is 283 g/mol. The second-order valence-electron chi connectivity index (χ2n) is 4.80. The van der Waals surface area contributed by atoms with Gasteiger partial charge in [-0.3, -0.25) is 4.79 Å². The number of halogens is 1. The molecule has 1 atom stereocenters. The molecule has 1 rings (SSSR count). The Kier molecular flexibility index (Phi) is 7.01. The number of rotatable bonds is 8. The second kappa shape index (κ2) is 8.53. The summed E-state index contributed by atoms with van der Waals surface area (Å²) < 4.78 is 18.3. The van der Waals surface area contributed by atoms with E-state index in [-0.39, 0.29) is 24.3 Å². The molecule has 0 bridgehead atoms. The van der Waals surface area contributed by atoms with E-state index in [0.29, 0.717) is 19.3 Å². The van der Waals surface area contributed by atoms with Gasteiger partial charge >= 0.3 is 0 Å². The van der Waals surface area contributed by atoms with Crippen LogP contribution in [0.15, 0.2) is 18.2 Å². The van der Waals surface area contributed by atoms with Crippen LogP contribution in [0.3, 0.4) is 0 Å². The average Bonchev–Trinajstić information content (AvgIpc) is 2.43. The zero-order chi connectivity index (χ0) is 15.0. The largest absolute Gasteiger partial charge is 0.494 e. The summed E-state index contributed by atoms with van der Waals surface area (Å²) in [6, 6.07) is 4.75. The highest BCUT2D eigenvalue weighted by atomic mass is 19.1. The number of nitrogens with one attached hydrogen (secondary N) is 1. The summed E-state index contributed by atoms with van der Waals surface area (Å²) in [5.41, 5.74) is 0.765. The smallest absolute Gasteiger partial charge is 0.220 e. The third-order valence-electron chi connectivity index (χ3n) is 3.06. The number of hydrogen-bond acceptors (Lipinski definition) is 3. The van der Waals surface area contributed by atoms with Gasteiger partial charge in [0.2, 0.25) is 5.91 Å². The minimum absolute atomic E-state index is 0.0438. The molecule has 5 heteroatoms. The standard InChI is InChI=1S/C15H22FNO3/c1-11(4-3-9-18)17-15(19)8-6-12-5-7-14(20-2)13(16)10-12/h5,7,10-11,18H,3-4,6,8-9H2,1-2H3,(H,17,19). The van der Waals surface area contributed by atoms with Crippen molar-refractivity contribution in [2.75, 3.05) is 13.7 Å². The number of benzene rings is 1. The minimum atomic E-state index is -0.415. The molecule has 1 amide bonds. The third-order valence-corrected chi connectivity index (χ3v) is 3.06. The lowest BCUT2D eigenvalue weighted by Gasteiger charge is -2.13. The molecule has 0 radical (unpaired) electrons. The number of aryl methyl sites for hydroxylation is 1. The van der Waals surface area contributed by atoms with Gasteiger partial charge in [-0.05, 0) is 43.9 Å². The molecule has 1 aromatic rings. The first-order chi connectivity index (χ1) is 9.56. The van der Waals surface area contributed by atoms with E-state index < -0.39 is 5.82 Å². The first-order valence-electron chi connectivity index (χ1n) is 6.79. The minimum Gasteiger partial charge on any atom is -0.494 e. The van der Waals surface area contributed by atoms with Gasteiger partial charge in [0.1, 0.15) is 0 Å². The van der Waals surface area contributed by atoms with Crippen molar-refractivity contribution in [2.24, 2.45) is 0 Å². The zero-order valence-corrected chi connectivity index (χ0v) is 12.0. The summed E-state index contributed by atoms with van der Waals surface area (Å²) in [5.74, 6) is -0.274. The van der Waals surface area contributed by atoms with Gasteiger partial charge in [0.25, 0.3) is 0 Å². The molecule has 0 aliphatic rings. The molecule has 2 N–H and O–H groups in total. The van der Waals surface area contributed by atoms with Crippen LogP contribution in [-0.2, 0) is 11.2 Å². The Morgan fingerprint density at radius 2 is 2.25 bits per heavy atom. The van der Waals surface area contributed by atoms with Crippen molar-refractivity contribution in [3.05, 3.63) is 29.6 Å². The number of carbonyl (C=O) groups excluding carboxylic acids is 1. The molecule has 0 aliphatic heterocycles. The fourth-order valence-electron chi connectivity index (χ4n) is 1.94. The molecule has 0 spiro atoms. The molecule has 0 aromatic heterocycles. The van der Waals surface area contributed by atoms with Gasteiger partial charge in [-0.1, -0.05) is 6.07 Å². The van der Waals surface area contributed by atoms with Crippen LogP contribution in [0.4, 0.5) is 4.39 Å². The Hall–Kier alpha value is -1.62. The van der Waals surface area contributed by atoms with E-state index in [2.05, 4.69) is 5.32 Å². The molecule has 0 saturated carbocycles. The van der Waals surface area contributed by atoms with Gasteiger partial charge in [-0.2, -0.15) is 0 Å². The summed E-state index contributed by atoms with van der Waals surface area (Å²) >= 11 is 0. The normalized spacial score (nSPS) is 12.0. The lowest BCUT2D eigenvalue weighted by atomic mass is 10.1. The van der Waals surface area contributed by atoms with Crippen LogP contribution in [0, 0.1) is 5.82 Å². The predicted molar refractivity (Wildman–Crippen MR) is 75.2 cm³/mol. The van der Waals surface area contributed by atoms with Crippen LogP contribution in [0.1, 0.15) is 31.7 Å². The highest BCUT2D eigenvalue weighted by Gasteiger charge is 2.09. The molecular formula is C15H22FNO3. The number of carbonyl (C=O) groups is 1. The van der Waals surface area contributed by atoms with Gasteiger partial charge in [0.05, 0.1) is 7.11 Å². The topological polar surface area (TPSA) is 58.6 Å². The first kappa shape index (κ1) is 16.4. The second-order valence-corrected chi connectivity index (χ2v) is 4.80. The monoisotopic (exact) mass is 283 g/mol. The fourth-order valence-corrected chi connectivity index (χ4v) is 1.94. The molecule has 1 unspecified atom stereocenters.